The Kier molecular flexibility index (Phi) is 5.88. The highest BCUT2D eigenvalue weighted by atomic mass is 35.5. The number of hydrogen-bond donors (Lipinski definition) is 1. The summed E-state index contributed by atoms with van der Waals surface area (Å²) in [7, 11) is 2.08. The Morgan fingerprint density at radius 2 is 1.97 bits per heavy atom. The molecule has 0 aliphatic heterocycles. The fourth-order valence-corrected chi connectivity index (χ4v) is 3.31. The molecule has 0 bridgehead atoms. The smallest absolute Gasteiger partial charge is 0.163 e. The van der Waals surface area contributed by atoms with Crippen molar-refractivity contribution in [3.8, 4) is 11.4 Å². The first-order valence-electron chi connectivity index (χ1n) is 9.65. The second-order valence-corrected chi connectivity index (χ2v) is 7.48. The molecule has 0 radical (unpaired) electrons. The summed E-state index contributed by atoms with van der Waals surface area (Å²) in [6, 6.07) is 14.4. The van der Waals surface area contributed by atoms with E-state index < -0.39 is 5.82 Å². The van der Waals surface area contributed by atoms with Crippen LogP contribution in [0.4, 0.5) is 15.9 Å². The Balaban J connectivity index is 1.83. The quantitative estimate of drug-likeness (QED) is 0.434. The van der Waals surface area contributed by atoms with Crippen LogP contribution in [-0.4, -0.2) is 33.4 Å². The van der Waals surface area contributed by atoms with Crippen LogP contribution in [0.5, 0.6) is 0 Å². The molecule has 0 saturated heterocycles. The molecule has 0 unspecified atom stereocenters. The molecule has 0 aliphatic rings. The third-order valence-electron chi connectivity index (χ3n) is 4.85. The standard InChI is InChI=1S/C23H21ClFN5/c1-3-30(2)14-15-6-9-21-18(11-15)23(27-17-7-8-20(25)19(24)12-17)29-22(28-21)16-5-4-10-26-13-16/h4-13H,3,14H2,1-2H3,(H,27,28,29). The summed E-state index contributed by atoms with van der Waals surface area (Å²) in [5, 5.41) is 4.22. The molecule has 2 aromatic heterocycles. The third-order valence-corrected chi connectivity index (χ3v) is 5.14. The summed E-state index contributed by atoms with van der Waals surface area (Å²) in [6.45, 7) is 3.89. The maximum atomic E-state index is 13.6. The van der Waals surface area contributed by atoms with Gasteiger partial charge in [-0.15, -0.1) is 0 Å². The van der Waals surface area contributed by atoms with Gasteiger partial charge in [0.25, 0.3) is 0 Å². The third kappa shape index (κ3) is 4.40. The average Bonchev–Trinajstić information content (AvgIpc) is 2.77. The second-order valence-electron chi connectivity index (χ2n) is 7.07. The van der Waals surface area contributed by atoms with Crippen LogP contribution in [0.2, 0.25) is 5.02 Å². The van der Waals surface area contributed by atoms with E-state index in [-0.39, 0.29) is 5.02 Å². The van der Waals surface area contributed by atoms with Gasteiger partial charge >= 0.3 is 0 Å². The van der Waals surface area contributed by atoms with Gasteiger partial charge < -0.3 is 10.2 Å². The SMILES string of the molecule is CCN(C)Cc1ccc2nc(-c3cccnc3)nc(Nc3ccc(F)c(Cl)c3)c2c1. The predicted molar refractivity (Wildman–Crippen MR) is 119 cm³/mol. The minimum Gasteiger partial charge on any atom is -0.340 e. The summed E-state index contributed by atoms with van der Waals surface area (Å²) in [4.78, 5) is 15.9. The summed E-state index contributed by atoms with van der Waals surface area (Å²) in [5.41, 5.74) is 3.43. The summed E-state index contributed by atoms with van der Waals surface area (Å²) >= 11 is 5.96. The minimum absolute atomic E-state index is 0.0519. The molecule has 0 atom stereocenters. The minimum atomic E-state index is -0.462. The van der Waals surface area contributed by atoms with E-state index in [1.54, 1.807) is 24.5 Å². The molecule has 2 heterocycles. The van der Waals surface area contributed by atoms with E-state index in [1.165, 1.54) is 6.07 Å². The highest BCUT2D eigenvalue weighted by Crippen LogP contribution is 2.29. The fourth-order valence-electron chi connectivity index (χ4n) is 3.13. The van der Waals surface area contributed by atoms with E-state index in [0.29, 0.717) is 17.3 Å². The number of aromatic nitrogens is 3. The van der Waals surface area contributed by atoms with Gasteiger partial charge in [0.2, 0.25) is 0 Å². The zero-order valence-electron chi connectivity index (χ0n) is 16.7. The highest BCUT2D eigenvalue weighted by molar-refractivity contribution is 6.31. The molecule has 152 valence electrons. The number of nitrogens with one attached hydrogen (secondary N) is 1. The molecule has 0 saturated carbocycles. The molecule has 2 aromatic carbocycles. The topological polar surface area (TPSA) is 53.9 Å². The first kappa shape index (κ1) is 20.2. The summed E-state index contributed by atoms with van der Waals surface area (Å²) < 4.78 is 13.6. The van der Waals surface area contributed by atoms with E-state index >= 15 is 0 Å². The van der Waals surface area contributed by atoms with Crippen LogP contribution in [0.1, 0.15) is 12.5 Å². The van der Waals surface area contributed by atoms with Crippen molar-refractivity contribution in [1.29, 1.82) is 0 Å². The molecular weight excluding hydrogens is 401 g/mol. The maximum absolute atomic E-state index is 13.6. The first-order valence-corrected chi connectivity index (χ1v) is 10.0. The van der Waals surface area contributed by atoms with E-state index in [4.69, 9.17) is 21.6 Å². The molecule has 5 nitrogen and oxygen atoms in total. The van der Waals surface area contributed by atoms with Gasteiger partial charge in [-0.05, 0) is 61.6 Å². The predicted octanol–water partition coefficient (Wildman–Crippen LogP) is 5.68. The van der Waals surface area contributed by atoms with Gasteiger partial charge in [0.15, 0.2) is 5.82 Å². The maximum Gasteiger partial charge on any atom is 0.163 e. The number of pyridine rings is 1. The number of hydrogen-bond acceptors (Lipinski definition) is 5. The van der Waals surface area contributed by atoms with Crippen molar-refractivity contribution in [3.05, 3.63) is 77.3 Å². The van der Waals surface area contributed by atoms with Gasteiger partial charge in [0.05, 0.1) is 10.5 Å². The second kappa shape index (κ2) is 8.73. The van der Waals surface area contributed by atoms with Crippen LogP contribution in [0.3, 0.4) is 0 Å². The van der Waals surface area contributed by atoms with Gasteiger partial charge in [-0.3, -0.25) is 4.98 Å². The van der Waals surface area contributed by atoms with Crippen LogP contribution in [0, 0.1) is 5.82 Å². The van der Waals surface area contributed by atoms with Crippen molar-refractivity contribution >= 4 is 34.0 Å². The van der Waals surface area contributed by atoms with Gasteiger partial charge in [0, 0.05) is 35.6 Å². The van der Waals surface area contributed by atoms with Crippen molar-refractivity contribution < 1.29 is 4.39 Å². The van der Waals surface area contributed by atoms with Gasteiger partial charge in [-0.25, -0.2) is 14.4 Å². The summed E-state index contributed by atoms with van der Waals surface area (Å²) in [6.07, 6.45) is 3.44. The number of fused-ring (bicyclic) bond motifs is 1. The van der Waals surface area contributed by atoms with Crippen molar-refractivity contribution in [2.75, 3.05) is 18.9 Å². The first-order chi connectivity index (χ1) is 14.5. The zero-order chi connectivity index (χ0) is 21.1. The summed E-state index contributed by atoms with van der Waals surface area (Å²) in [5.74, 6) is 0.725. The van der Waals surface area contributed by atoms with E-state index in [9.17, 15) is 4.39 Å². The van der Waals surface area contributed by atoms with Crippen molar-refractivity contribution in [1.82, 2.24) is 19.9 Å². The molecule has 0 amide bonds. The van der Waals surface area contributed by atoms with Crippen molar-refractivity contribution in [2.24, 2.45) is 0 Å². The fraction of sp³-hybridized carbons (Fsp3) is 0.174. The Morgan fingerprint density at radius 3 is 2.70 bits per heavy atom. The van der Waals surface area contributed by atoms with Gasteiger partial charge in [0.1, 0.15) is 11.6 Å². The van der Waals surface area contributed by atoms with Crippen LogP contribution in [0.15, 0.2) is 60.9 Å². The normalized spacial score (nSPS) is 11.2. The zero-order valence-corrected chi connectivity index (χ0v) is 17.5. The average molecular weight is 422 g/mol. The number of anilines is 2. The van der Waals surface area contributed by atoms with E-state index in [0.717, 1.165) is 35.1 Å². The number of benzene rings is 2. The molecule has 7 heteroatoms. The van der Waals surface area contributed by atoms with Crippen LogP contribution in [-0.2, 0) is 6.54 Å². The Labute approximate surface area is 179 Å². The monoisotopic (exact) mass is 421 g/mol. The van der Waals surface area contributed by atoms with Gasteiger partial charge in [-0.1, -0.05) is 24.6 Å². The highest BCUT2D eigenvalue weighted by Gasteiger charge is 2.12. The molecule has 30 heavy (non-hydrogen) atoms. The molecule has 0 fully saturated rings. The molecule has 1 N–H and O–H groups in total. The molecule has 0 aliphatic carbocycles. The Morgan fingerprint density at radius 1 is 1.10 bits per heavy atom. The van der Waals surface area contributed by atoms with E-state index in [1.807, 2.05) is 18.2 Å². The lowest BCUT2D eigenvalue weighted by atomic mass is 10.1. The largest absolute Gasteiger partial charge is 0.340 e. The van der Waals surface area contributed by atoms with Gasteiger partial charge in [-0.2, -0.15) is 0 Å². The lowest BCUT2D eigenvalue weighted by Crippen LogP contribution is -2.16. The van der Waals surface area contributed by atoms with Crippen LogP contribution in [0.25, 0.3) is 22.3 Å². The van der Waals surface area contributed by atoms with Crippen molar-refractivity contribution in [3.63, 3.8) is 0 Å². The Bertz CT molecular complexity index is 1180. The van der Waals surface area contributed by atoms with E-state index in [2.05, 4.69) is 41.3 Å². The van der Waals surface area contributed by atoms with Crippen LogP contribution < -0.4 is 5.32 Å². The molecule has 4 rings (SSSR count). The Hall–Kier alpha value is -3.09. The molecular formula is C23H21ClFN5. The number of halogens is 2. The van der Waals surface area contributed by atoms with Crippen LogP contribution >= 0.6 is 11.6 Å². The molecule has 0 spiro atoms. The number of rotatable bonds is 6. The lowest BCUT2D eigenvalue weighted by Gasteiger charge is -2.16. The lowest BCUT2D eigenvalue weighted by molar-refractivity contribution is 0.346. The molecule has 4 aromatic rings. The number of nitrogens with zero attached hydrogens (tertiary/aromatic N) is 4. The van der Waals surface area contributed by atoms with Crippen molar-refractivity contribution in [2.45, 2.75) is 13.5 Å².